The molecule has 5 nitrogen and oxygen atoms in total. The number of ether oxygens (including phenoxy) is 1. The summed E-state index contributed by atoms with van der Waals surface area (Å²) in [5.41, 5.74) is 2.37. The van der Waals surface area contributed by atoms with E-state index < -0.39 is 0 Å². The third kappa shape index (κ3) is 3.27. The van der Waals surface area contributed by atoms with Gasteiger partial charge in [0.05, 0.1) is 12.3 Å². The van der Waals surface area contributed by atoms with E-state index in [0.29, 0.717) is 17.5 Å². The molecule has 0 amide bonds. The van der Waals surface area contributed by atoms with Crippen molar-refractivity contribution in [3.63, 3.8) is 0 Å². The molecule has 0 saturated heterocycles. The maximum Gasteiger partial charge on any atom is 0.175 e. The minimum atomic E-state index is 0.464. The van der Waals surface area contributed by atoms with E-state index in [4.69, 9.17) is 21.5 Å². The van der Waals surface area contributed by atoms with Gasteiger partial charge in [0.2, 0.25) is 0 Å². The Morgan fingerprint density at radius 1 is 1.30 bits per heavy atom. The van der Waals surface area contributed by atoms with E-state index in [-0.39, 0.29) is 0 Å². The van der Waals surface area contributed by atoms with E-state index >= 15 is 0 Å². The number of thiocarbonyl (C=S) groups is 1. The number of anilines is 2. The lowest BCUT2D eigenvalue weighted by atomic mass is 10.3. The lowest BCUT2D eigenvalue weighted by Crippen LogP contribution is -2.20. The lowest BCUT2D eigenvalue weighted by Gasteiger charge is -2.13. The van der Waals surface area contributed by atoms with Gasteiger partial charge in [-0.3, -0.25) is 0 Å². The topological polar surface area (TPSA) is 59.3 Å². The molecular weight excluding hydrogens is 274 g/mol. The predicted octanol–water partition coefficient (Wildman–Crippen LogP) is 3.50. The second kappa shape index (κ2) is 6.38. The third-order valence-electron chi connectivity index (χ3n) is 2.71. The van der Waals surface area contributed by atoms with Gasteiger partial charge < -0.3 is 19.9 Å². The Kier molecular flexibility index (Phi) is 4.57. The first kappa shape index (κ1) is 14.3. The largest absolute Gasteiger partial charge is 0.492 e. The number of benzene rings is 1. The highest BCUT2D eigenvalue weighted by Gasteiger charge is 2.11. The Balaban J connectivity index is 2.09. The summed E-state index contributed by atoms with van der Waals surface area (Å²) in [4.78, 5) is 0. The van der Waals surface area contributed by atoms with E-state index in [1.807, 2.05) is 45.0 Å². The normalized spacial score (nSPS) is 10.2. The van der Waals surface area contributed by atoms with Gasteiger partial charge in [0.1, 0.15) is 17.1 Å². The van der Waals surface area contributed by atoms with Crippen molar-refractivity contribution >= 4 is 28.7 Å². The molecule has 0 aliphatic carbocycles. The van der Waals surface area contributed by atoms with Crippen LogP contribution in [0.3, 0.4) is 0 Å². The molecule has 2 N–H and O–H groups in total. The number of nitrogens with one attached hydrogen (secondary N) is 2. The molecule has 2 rings (SSSR count). The number of para-hydroxylation sites is 2. The predicted molar refractivity (Wildman–Crippen MR) is 83.4 cm³/mol. The van der Waals surface area contributed by atoms with Gasteiger partial charge in [0.25, 0.3) is 0 Å². The van der Waals surface area contributed by atoms with Crippen molar-refractivity contribution in [2.45, 2.75) is 20.8 Å². The average molecular weight is 291 g/mol. The smallest absolute Gasteiger partial charge is 0.175 e. The SMILES string of the molecule is CCOc1ccccc1NC(=S)Nc1c(C)noc1C. The van der Waals surface area contributed by atoms with Crippen LogP contribution in [0.15, 0.2) is 28.8 Å². The van der Waals surface area contributed by atoms with Crippen LogP contribution < -0.4 is 15.4 Å². The Labute approximate surface area is 123 Å². The molecule has 0 bridgehead atoms. The van der Waals surface area contributed by atoms with Crippen LogP contribution in [0.2, 0.25) is 0 Å². The molecule has 0 atom stereocenters. The zero-order chi connectivity index (χ0) is 14.5. The summed E-state index contributed by atoms with van der Waals surface area (Å²) in [6.45, 7) is 6.23. The fourth-order valence-electron chi connectivity index (χ4n) is 1.78. The van der Waals surface area contributed by atoms with Gasteiger partial charge in [-0.05, 0) is 45.1 Å². The van der Waals surface area contributed by atoms with Crippen LogP contribution in [0.1, 0.15) is 18.4 Å². The Morgan fingerprint density at radius 3 is 2.70 bits per heavy atom. The van der Waals surface area contributed by atoms with Crippen molar-refractivity contribution in [1.29, 1.82) is 0 Å². The second-order valence-electron chi connectivity index (χ2n) is 4.21. The molecule has 0 unspecified atom stereocenters. The first-order chi connectivity index (χ1) is 9.61. The van der Waals surface area contributed by atoms with E-state index in [9.17, 15) is 0 Å². The molecule has 106 valence electrons. The summed E-state index contributed by atoms with van der Waals surface area (Å²) < 4.78 is 10.6. The van der Waals surface area contributed by atoms with Crippen LogP contribution in [0.5, 0.6) is 5.75 Å². The standard InChI is InChI=1S/C14H17N3O2S/c1-4-18-12-8-6-5-7-11(12)15-14(20)16-13-9(2)17-19-10(13)3/h5-8H,4H2,1-3H3,(H2,15,16,20). The maximum absolute atomic E-state index is 5.54. The van der Waals surface area contributed by atoms with Gasteiger partial charge in [-0.25, -0.2) is 0 Å². The van der Waals surface area contributed by atoms with E-state index in [0.717, 1.165) is 22.8 Å². The number of rotatable bonds is 4. The molecule has 0 spiro atoms. The fourth-order valence-corrected chi connectivity index (χ4v) is 1.99. The molecule has 0 aliphatic heterocycles. The summed E-state index contributed by atoms with van der Waals surface area (Å²) >= 11 is 5.30. The first-order valence-corrected chi connectivity index (χ1v) is 6.75. The van der Waals surface area contributed by atoms with E-state index in [2.05, 4.69) is 15.8 Å². The van der Waals surface area contributed by atoms with Gasteiger partial charge in [-0.2, -0.15) is 0 Å². The molecular formula is C14H17N3O2S. The molecule has 0 fully saturated rings. The lowest BCUT2D eigenvalue weighted by molar-refractivity contribution is 0.342. The molecule has 20 heavy (non-hydrogen) atoms. The summed E-state index contributed by atoms with van der Waals surface area (Å²) in [5.74, 6) is 1.46. The van der Waals surface area contributed by atoms with Crippen LogP contribution in [-0.4, -0.2) is 16.9 Å². The van der Waals surface area contributed by atoms with Crippen LogP contribution in [0.25, 0.3) is 0 Å². The van der Waals surface area contributed by atoms with Crippen molar-refractivity contribution in [2.24, 2.45) is 0 Å². The minimum Gasteiger partial charge on any atom is -0.492 e. The summed E-state index contributed by atoms with van der Waals surface area (Å²) in [6, 6.07) is 7.64. The minimum absolute atomic E-state index is 0.464. The quantitative estimate of drug-likeness (QED) is 0.841. The third-order valence-corrected chi connectivity index (χ3v) is 2.91. The molecule has 6 heteroatoms. The van der Waals surface area contributed by atoms with Crippen molar-refractivity contribution < 1.29 is 9.26 Å². The van der Waals surface area contributed by atoms with Crippen LogP contribution >= 0.6 is 12.2 Å². The van der Waals surface area contributed by atoms with E-state index in [1.54, 1.807) is 0 Å². The molecule has 0 aliphatic rings. The Morgan fingerprint density at radius 2 is 2.05 bits per heavy atom. The zero-order valence-corrected chi connectivity index (χ0v) is 12.5. The highest BCUT2D eigenvalue weighted by molar-refractivity contribution is 7.80. The molecule has 1 aromatic carbocycles. The van der Waals surface area contributed by atoms with Gasteiger partial charge in [-0.15, -0.1) is 0 Å². The summed E-state index contributed by atoms with van der Waals surface area (Å²) in [5, 5.41) is 10.5. The average Bonchev–Trinajstić information content (AvgIpc) is 2.73. The second-order valence-corrected chi connectivity index (χ2v) is 4.62. The number of hydrogen-bond acceptors (Lipinski definition) is 4. The molecule has 0 saturated carbocycles. The van der Waals surface area contributed by atoms with Gasteiger partial charge in [-0.1, -0.05) is 17.3 Å². The van der Waals surface area contributed by atoms with Crippen molar-refractivity contribution in [2.75, 3.05) is 17.2 Å². The number of aromatic nitrogens is 1. The Hall–Kier alpha value is -2.08. The van der Waals surface area contributed by atoms with Crippen molar-refractivity contribution in [3.05, 3.63) is 35.7 Å². The van der Waals surface area contributed by atoms with E-state index in [1.165, 1.54) is 0 Å². The Bertz CT molecular complexity index is 591. The number of hydrogen-bond donors (Lipinski definition) is 2. The van der Waals surface area contributed by atoms with Crippen LogP contribution in [-0.2, 0) is 0 Å². The van der Waals surface area contributed by atoms with Gasteiger partial charge in [0.15, 0.2) is 10.9 Å². The summed E-state index contributed by atoms with van der Waals surface area (Å²) in [6.07, 6.45) is 0. The highest BCUT2D eigenvalue weighted by Crippen LogP contribution is 2.24. The maximum atomic E-state index is 5.54. The summed E-state index contributed by atoms with van der Waals surface area (Å²) in [7, 11) is 0. The first-order valence-electron chi connectivity index (χ1n) is 6.34. The number of aryl methyl sites for hydroxylation is 2. The number of nitrogens with zero attached hydrogens (tertiary/aromatic N) is 1. The fraction of sp³-hybridized carbons (Fsp3) is 0.286. The van der Waals surface area contributed by atoms with Crippen molar-refractivity contribution in [3.8, 4) is 5.75 Å². The molecule has 1 heterocycles. The van der Waals surface area contributed by atoms with Crippen molar-refractivity contribution in [1.82, 2.24) is 5.16 Å². The monoisotopic (exact) mass is 291 g/mol. The molecule has 0 radical (unpaired) electrons. The van der Waals surface area contributed by atoms with Gasteiger partial charge >= 0.3 is 0 Å². The highest BCUT2D eigenvalue weighted by atomic mass is 32.1. The zero-order valence-electron chi connectivity index (χ0n) is 11.7. The van der Waals surface area contributed by atoms with Gasteiger partial charge in [0, 0.05) is 0 Å². The van der Waals surface area contributed by atoms with Crippen LogP contribution in [0, 0.1) is 13.8 Å². The molecule has 2 aromatic rings. The van der Waals surface area contributed by atoms with Crippen LogP contribution in [0.4, 0.5) is 11.4 Å². The molecule has 1 aromatic heterocycles.